The molecular weight excluding hydrogens is 386 g/mol. The van der Waals surface area contributed by atoms with Gasteiger partial charge in [-0.3, -0.25) is 4.79 Å². The molecule has 3 aliphatic carbocycles. The number of methoxy groups -OCH3 is 1. The van der Waals surface area contributed by atoms with Gasteiger partial charge in [0, 0.05) is 0 Å². The molecule has 0 spiro atoms. The van der Waals surface area contributed by atoms with Gasteiger partial charge in [0.05, 0.1) is 13.0 Å². The van der Waals surface area contributed by atoms with Gasteiger partial charge in [0.15, 0.2) is 11.6 Å². The molecule has 4 atom stereocenters. The van der Waals surface area contributed by atoms with Crippen molar-refractivity contribution >= 4 is 5.97 Å². The zero-order chi connectivity index (χ0) is 21.3. The fraction of sp³-hybridized carbons (Fsp3) is 0.720. The molecule has 3 nitrogen and oxygen atoms in total. The molecule has 3 saturated carbocycles. The first-order chi connectivity index (χ1) is 14.5. The van der Waals surface area contributed by atoms with Crippen LogP contribution in [0.4, 0.5) is 8.78 Å². The largest absolute Gasteiger partial charge is 0.494 e. The molecule has 1 aromatic carbocycles. The van der Waals surface area contributed by atoms with E-state index in [9.17, 15) is 13.6 Å². The Labute approximate surface area is 178 Å². The Hall–Kier alpha value is -1.65. The van der Waals surface area contributed by atoms with Crippen LogP contribution >= 0.6 is 0 Å². The second-order valence-electron chi connectivity index (χ2n) is 9.53. The van der Waals surface area contributed by atoms with Crippen LogP contribution < -0.4 is 4.74 Å². The summed E-state index contributed by atoms with van der Waals surface area (Å²) in [4.78, 5) is 12.9. The molecule has 166 valence electrons. The maximum absolute atomic E-state index is 14.4. The summed E-state index contributed by atoms with van der Waals surface area (Å²) in [6.07, 6.45) is 9.83. The van der Waals surface area contributed by atoms with Crippen molar-refractivity contribution in [3.05, 3.63) is 29.3 Å². The maximum atomic E-state index is 14.4. The first-order valence-corrected chi connectivity index (χ1v) is 11.8. The van der Waals surface area contributed by atoms with Crippen LogP contribution in [0.2, 0.25) is 0 Å². The van der Waals surface area contributed by atoms with Gasteiger partial charge in [-0.2, -0.15) is 4.39 Å². The van der Waals surface area contributed by atoms with Crippen LogP contribution in [-0.2, 0) is 9.53 Å². The molecule has 0 aromatic heterocycles. The number of carbonyl (C=O) groups excluding carboxylic acids is 1. The number of ether oxygens (including phenoxy) is 2. The Morgan fingerprint density at radius 1 is 0.967 bits per heavy atom. The summed E-state index contributed by atoms with van der Waals surface area (Å²) in [5.74, 6) is 0.253. The van der Waals surface area contributed by atoms with E-state index >= 15 is 0 Å². The number of fused-ring (bicyclic) bond motifs is 1. The van der Waals surface area contributed by atoms with Gasteiger partial charge < -0.3 is 9.47 Å². The van der Waals surface area contributed by atoms with Crippen LogP contribution in [0.1, 0.15) is 82.6 Å². The summed E-state index contributed by atoms with van der Waals surface area (Å²) in [5.41, 5.74) is 0.407. The van der Waals surface area contributed by atoms with Crippen molar-refractivity contribution < 1.29 is 23.0 Å². The van der Waals surface area contributed by atoms with E-state index in [1.165, 1.54) is 45.3 Å². The van der Waals surface area contributed by atoms with Crippen LogP contribution in [0, 0.1) is 35.3 Å². The van der Waals surface area contributed by atoms with Crippen molar-refractivity contribution in [2.24, 2.45) is 23.7 Å². The number of rotatable bonds is 6. The highest BCUT2D eigenvalue weighted by molar-refractivity contribution is 5.73. The second kappa shape index (κ2) is 9.23. The number of halogens is 2. The summed E-state index contributed by atoms with van der Waals surface area (Å²) < 4.78 is 39.3. The zero-order valence-corrected chi connectivity index (χ0v) is 18.2. The van der Waals surface area contributed by atoms with E-state index in [-0.39, 0.29) is 29.7 Å². The zero-order valence-electron chi connectivity index (χ0n) is 18.2. The third-order valence-corrected chi connectivity index (χ3v) is 8.01. The number of esters is 1. The van der Waals surface area contributed by atoms with E-state index in [1.807, 2.05) is 0 Å². The average molecular weight is 421 g/mol. The van der Waals surface area contributed by atoms with Gasteiger partial charge in [-0.15, -0.1) is 0 Å². The second-order valence-corrected chi connectivity index (χ2v) is 9.53. The quantitative estimate of drug-likeness (QED) is 0.500. The maximum Gasteiger partial charge on any atom is 0.309 e. The summed E-state index contributed by atoms with van der Waals surface area (Å²) in [6.45, 7) is 2.25. The Kier molecular flexibility index (Phi) is 6.64. The standard InChI is InChI=1S/C25H34F2O3/c1-3-4-15-7-10-20-18(15)11-12-21(20)25(28)30-17-8-5-16(6-9-17)19-13-14-22(29-2)24(27)23(19)26/h13-18,20-21H,3-12H2,1-2H3. The lowest BCUT2D eigenvalue weighted by molar-refractivity contribution is -0.157. The minimum Gasteiger partial charge on any atom is -0.494 e. The third kappa shape index (κ3) is 4.09. The lowest BCUT2D eigenvalue weighted by Gasteiger charge is -2.30. The highest BCUT2D eigenvalue weighted by atomic mass is 19.2. The minimum absolute atomic E-state index is 0.00947. The van der Waals surface area contributed by atoms with Crippen LogP contribution in [0.25, 0.3) is 0 Å². The van der Waals surface area contributed by atoms with E-state index in [0.717, 1.165) is 12.3 Å². The molecule has 1 aromatic rings. The summed E-state index contributed by atoms with van der Waals surface area (Å²) in [7, 11) is 1.33. The number of hydrogen-bond acceptors (Lipinski definition) is 3. The van der Waals surface area contributed by atoms with Gasteiger partial charge in [-0.1, -0.05) is 25.8 Å². The van der Waals surface area contributed by atoms with Gasteiger partial charge in [-0.05, 0) is 86.7 Å². The number of benzene rings is 1. The molecule has 0 amide bonds. The van der Waals surface area contributed by atoms with Crippen LogP contribution in [0.15, 0.2) is 12.1 Å². The normalized spacial score (nSPS) is 33.3. The first-order valence-electron chi connectivity index (χ1n) is 11.8. The van der Waals surface area contributed by atoms with Gasteiger partial charge in [-0.25, -0.2) is 4.39 Å². The smallest absolute Gasteiger partial charge is 0.309 e. The van der Waals surface area contributed by atoms with Crippen molar-refractivity contribution in [1.29, 1.82) is 0 Å². The van der Waals surface area contributed by atoms with Gasteiger partial charge in [0.2, 0.25) is 5.82 Å². The molecule has 3 aliphatic rings. The van der Waals surface area contributed by atoms with Crippen LogP contribution in [-0.4, -0.2) is 19.2 Å². The predicted molar refractivity (Wildman–Crippen MR) is 111 cm³/mol. The third-order valence-electron chi connectivity index (χ3n) is 8.01. The minimum atomic E-state index is -0.919. The van der Waals surface area contributed by atoms with Crippen molar-refractivity contribution in [2.75, 3.05) is 7.11 Å². The first kappa shape index (κ1) is 21.6. The molecule has 0 aliphatic heterocycles. The molecule has 0 N–H and O–H groups in total. The van der Waals surface area contributed by atoms with E-state index in [4.69, 9.17) is 9.47 Å². The Morgan fingerprint density at radius 2 is 1.70 bits per heavy atom. The van der Waals surface area contributed by atoms with Crippen molar-refractivity contribution in [3.8, 4) is 5.75 Å². The Bertz CT molecular complexity index is 757. The number of hydrogen-bond donors (Lipinski definition) is 0. The Morgan fingerprint density at radius 3 is 2.40 bits per heavy atom. The van der Waals surface area contributed by atoms with Crippen LogP contribution in [0.5, 0.6) is 5.75 Å². The van der Waals surface area contributed by atoms with Crippen molar-refractivity contribution in [1.82, 2.24) is 0 Å². The molecule has 3 fully saturated rings. The topological polar surface area (TPSA) is 35.5 Å². The van der Waals surface area contributed by atoms with Gasteiger partial charge >= 0.3 is 5.97 Å². The SMILES string of the molecule is CCCC1CCC2C(C(=O)OC3CCC(c4ccc(OC)c(F)c4F)CC3)CCC12. The summed E-state index contributed by atoms with van der Waals surface area (Å²) in [6, 6.07) is 3.11. The van der Waals surface area contributed by atoms with Gasteiger partial charge in [0.1, 0.15) is 6.10 Å². The highest BCUT2D eigenvalue weighted by Gasteiger charge is 2.47. The molecule has 4 unspecified atom stereocenters. The van der Waals surface area contributed by atoms with E-state index in [1.54, 1.807) is 6.07 Å². The van der Waals surface area contributed by atoms with Gasteiger partial charge in [0.25, 0.3) is 0 Å². The molecule has 5 heteroatoms. The average Bonchev–Trinajstić information content (AvgIpc) is 3.34. The molecule has 0 heterocycles. The van der Waals surface area contributed by atoms with E-state index in [0.29, 0.717) is 43.1 Å². The van der Waals surface area contributed by atoms with E-state index < -0.39 is 11.6 Å². The molecule has 4 rings (SSSR count). The lowest BCUT2D eigenvalue weighted by Crippen LogP contribution is -2.29. The fourth-order valence-corrected chi connectivity index (χ4v) is 6.50. The molecule has 0 radical (unpaired) electrons. The number of carbonyl (C=O) groups is 1. The lowest BCUT2D eigenvalue weighted by atomic mass is 9.82. The summed E-state index contributed by atoms with van der Waals surface area (Å²) in [5, 5.41) is 0. The van der Waals surface area contributed by atoms with Crippen molar-refractivity contribution in [3.63, 3.8) is 0 Å². The monoisotopic (exact) mass is 420 g/mol. The highest BCUT2D eigenvalue weighted by Crippen LogP contribution is 2.52. The van der Waals surface area contributed by atoms with Crippen LogP contribution in [0.3, 0.4) is 0 Å². The van der Waals surface area contributed by atoms with E-state index in [2.05, 4.69) is 6.92 Å². The van der Waals surface area contributed by atoms with Crippen molar-refractivity contribution in [2.45, 2.75) is 83.2 Å². The predicted octanol–water partition coefficient (Wildman–Crippen LogP) is 6.40. The molecule has 0 saturated heterocycles. The molecule has 0 bridgehead atoms. The fourth-order valence-electron chi connectivity index (χ4n) is 6.50. The molecule has 30 heavy (non-hydrogen) atoms. The summed E-state index contributed by atoms with van der Waals surface area (Å²) >= 11 is 0. The molecular formula is C25H34F2O3. The Balaban J connectivity index is 1.30.